The van der Waals surface area contributed by atoms with Crippen molar-refractivity contribution in [3.63, 3.8) is 0 Å². The largest absolute Gasteiger partial charge is 0.387 e. The first-order chi connectivity index (χ1) is 5.09. The Balaban J connectivity index is 2.85. The summed E-state index contributed by atoms with van der Waals surface area (Å²) >= 11 is 3.23. The predicted molar refractivity (Wildman–Crippen MR) is 46.5 cm³/mol. The second kappa shape index (κ2) is 3.04. The molecule has 1 aromatic rings. The molecule has 5 heteroatoms. The fourth-order valence-corrected chi connectivity index (χ4v) is 1.33. The van der Waals surface area contributed by atoms with Gasteiger partial charge in [0.05, 0.1) is 5.84 Å². The van der Waals surface area contributed by atoms with E-state index < -0.39 is 0 Å². The number of halogens is 1. The lowest BCUT2D eigenvalue weighted by atomic mass is 10.3. The smallest absolute Gasteiger partial charge is 0.128 e. The van der Waals surface area contributed by atoms with Crippen LogP contribution in [0.15, 0.2) is 10.7 Å². The monoisotopic (exact) mass is 216 g/mol. The average Bonchev–Trinajstić information content (AvgIpc) is 2.09. The zero-order valence-corrected chi connectivity index (χ0v) is 7.72. The fourth-order valence-electron chi connectivity index (χ4n) is 0.828. The third-order valence-electron chi connectivity index (χ3n) is 1.32. The molecule has 0 saturated carbocycles. The van der Waals surface area contributed by atoms with E-state index in [2.05, 4.69) is 21.0 Å². The second-order valence-corrected chi connectivity index (χ2v) is 3.10. The Hall–Kier alpha value is -0.840. The SMILES string of the molecule is Cn1nc(Br)cc1CC(=N)N. The second-order valence-electron chi connectivity index (χ2n) is 2.28. The van der Waals surface area contributed by atoms with Gasteiger partial charge in [0.25, 0.3) is 0 Å². The molecule has 0 saturated heterocycles. The van der Waals surface area contributed by atoms with E-state index in [0.717, 1.165) is 10.3 Å². The molecule has 0 radical (unpaired) electrons. The molecular weight excluding hydrogens is 208 g/mol. The van der Waals surface area contributed by atoms with E-state index in [-0.39, 0.29) is 5.84 Å². The van der Waals surface area contributed by atoms with Gasteiger partial charge in [0.2, 0.25) is 0 Å². The van der Waals surface area contributed by atoms with Crippen LogP contribution in [0.3, 0.4) is 0 Å². The van der Waals surface area contributed by atoms with Crippen LogP contribution in [0.2, 0.25) is 0 Å². The molecule has 0 unspecified atom stereocenters. The quantitative estimate of drug-likeness (QED) is 0.564. The van der Waals surface area contributed by atoms with Gasteiger partial charge in [0, 0.05) is 19.2 Å². The van der Waals surface area contributed by atoms with Crippen LogP contribution in [0.4, 0.5) is 0 Å². The Morgan fingerprint density at radius 1 is 1.91 bits per heavy atom. The highest BCUT2D eigenvalue weighted by Gasteiger charge is 2.02. The number of rotatable bonds is 2. The van der Waals surface area contributed by atoms with E-state index in [1.54, 1.807) is 4.68 Å². The van der Waals surface area contributed by atoms with Crippen molar-refractivity contribution in [3.8, 4) is 0 Å². The van der Waals surface area contributed by atoms with Crippen molar-refractivity contribution in [2.45, 2.75) is 6.42 Å². The molecule has 1 rings (SSSR count). The van der Waals surface area contributed by atoms with Gasteiger partial charge in [-0.1, -0.05) is 0 Å². The highest BCUT2D eigenvalue weighted by molar-refractivity contribution is 9.10. The van der Waals surface area contributed by atoms with Gasteiger partial charge >= 0.3 is 0 Å². The van der Waals surface area contributed by atoms with E-state index in [4.69, 9.17) is 11.1 Å². The van der Waals surface area contributed by atoms with E-state index in [9.17, 15) is 0 Å². The Morgan fingerprint density at radius 3 is 2.91 bits per heavy atom. The van der Waals surface area contributed by atoms with Crippen molar-refractivity contribution < 1.29 is 0 Å². The van der Waals surface area contributed by atoms with Crippen LogP contribution in [-0.2, 0) is 13.5 Å². The minimum Gasteiger partial charge on any atom is -0.387 e. The van der Waals surface area contributed by atoms with Crippen LogP contribution >= 0.6 is 15.9 Å². The lowest BCUT2D eigenvalue weighted by Crippen LogP contribution is -2.14. The molecule has 0 spiro atoms. The maximum atomic E-state index is 7.06. The Morgan fingerprint density at radius 2 is 2.55 bits per heavy atom. The maximum Gasteiger partial charge on any atom is 0.128 e. The van der Waals surface area contributed by atoms with Gasteiger partial charge in [0.1, 0.15) is 4.60 Å². The molecule has 11 heavy (non-hydrogen) atoms. The van der Waals surface area contributed by atoms with Gasteiger partial charge in [-0.2, -0.15) is 5.10 Å². The molecule has 0 fully saturated rings. The van der Waals surface area contributed by atoms with E-state index >= 15 is 0 Å². The number of aromatic nitrogens is 2. The molecule has 0 amide bonds. The lowest BCUT2D eigenvalue weighted by molar-refractivity contribution is 0.725. The average molecular weight is 217 g/mol. The van der Waals surface area contributed by atoms with Crippen molar-refractivity contribution in [3.05, 3.63) is 16.4 Å². The van der Waals surface area contributed by atoms with Crippen molar-refractivity contribution in [1.29, 1.82) is 5.41 Å². The first kappa shape index (κ1) is 8.26. The standard InChI is InChI=1S/C6H9BrN4/c1-11-4(3-6(8)9)2-5(7)10-11/h2H,3H2,1H3,(H3,8,9). The van der Waals surface area contributed by atoms with Crippen LogP contribution in [0.5, 0.6) is 0 Å². The Kier molecular flexibility index (Phi) is 2.28. The Bertz CT molecular complexity index is 278. The van der Waals surface area contributed by atoms with Crippen LogP contribution in [0, 0.1) is 5.41 Å². The zero-order valence-electron chi connectivity index (χ0n) is 6.13. The first-order valence-corrected chi connectivity index (χ1v) is 3.90. The zero-order chi connectivity index (χ0) is 8.43. The van der Waals surface area contributed by atoms with E-state index in [1.165, 1.54) is 0 Å². The highest BCUT2D eigenvalue weighted by Crippen LogP contribution is 2.09. The molecule has 60 valence electrons. The number of nitrogens with one attached hydrogen (secondary N) is 1. The van der Waals surface area contributed by atoms with Crippen LogP contribution in [0.25, 0.3) is 0 Å². The number of amidine groups is 1. The molecule has 0 aliphatic rings. The summed E-state index contributed by atoms with van der Waals surface area (Å²) in [6.45, 7) is 0. The van der Waals surface area contributed by atoms with Gasteiger partial charge in [-0.05, 0) is 22.0 Å². The van der Waals surface area contributed by atoms with E-state index in [1.807, 2.05) is 13.1 Å². The van der Waals surface area contributed by atoms with Crippen molar-refractivity contribution in [1.82, 2.24) is 9.78 Å². The van der Waals surface area contributed by atoms with Gasteiger partial charge in [-0.15, -0.1) is 0 Å². The summed E-state index contributed by atoms with van der Waals surface area (Å²) in [6.07, 6.45) is 0.453. The first-order valence-electron chi connectivity index (χ1n) is 3.11. The van der Waals surface area contributed by atoms with Crippen LogP contribution < -0.4 is 5.73 Å². The molecular formula is C6H9BrN4. The van der Waals surface area contributed by atoms with Crippen LogP contribution in [0.1, 0.15) is 5.69 Å². The number of aryl methyl sites for hydroxylation is 1. The maximum absolute atomic E-state index is 7.06. The summed E-state index contributed by atoms with van der Waals surface area (Å²) in [5, 5.41) is 11.1. The molecule has 0 atom stereocenters. The minimum atomic E-state index is 0.153. The molecule has 1 aromatic heterocycles. The topological polar surface area (TPSA) is 67.7 Å². The molecule has 0 bridgehead atoms. The summed E-state index contributed by atoms with van der Waals surface area (Å²) in [6, 6.07) is 1.85. The minimum absolute atomic E-state index is 0.153. The Labute approximate surface area is 73.0 Å². The third kappa shape index (κ3) is 2.04. The van der Waals surface area contributed by atoms with E-state index in [0.29, 0.717) is 6.42 Å². The summed E-state index contributed by atoms with van der Waals surface area (Å²) in [5.41, 5.74) is 6.16. The lowest BCUT2D eigenvalue weighted by Gasteiger charge is -1.97. The molecule has 0 aliphatic carbocycles. The van der Waals surface area contributed by atoms with Crippen molar-refractivity contribution in [2.24, 2.45) is 12.8 Å². The predicted octanol–water partition coefficient (Wildman–Crippen LogP) is 0.661. The summed E-state index contributed by atoms with van der Waals surface area (Å²) < 4.78 is 2.47. The third-order valence-corrected chi connectivity index (χ3v) is 1.71. The molecule has 3 N–H and O–H groups in total. The van der Waals surface area contributed by atoms with Gasteiger partial charge in [0.15, 0.2) is 0 Å². The van der Waals surface area contributed by atoms with Crippen molar-refractivity contribution >= 4 is 21.8 Å². The number of nitrogens with zero attached hydrogens (tertiary/aromatic N) is 2. The molecule has 4 nitrogen and oxygen atoms in total. The highest BCUT2D eigenvalue weighted by atomic mass is 79.9. The summed E-state index contributed by atoms with van der Waals surface area (Å²) in [7, 11) is 1.82. The number of hydrogen-bond acceptors (Lipinski definition) is 2. The molecule has 1 heterocycles. The fraction of sp³-hybridized carbons (Fsp3) is 0.333. The van der Waals surface area contributed by atoms with Gasteiger partial charge in [-0.3, -0.25) is 10.1 Å². The van der Waals surface area contributed by atoms with Gasteiger partial charge in [-0.25, -0.2) is 0 Å². The summed E-state index contributed by atoms with van der Waals surface area (Å²) in [5.74, 6) is 0.153. The molecule has 0 aliphatic heterocycles. The number of hydrogen-bond donors (Lipinski definition) is 2. The summed E-state index contributed by atoms with van der Waals surface area (Å²) in [4.78, 5) is 0. The van der Waals surface area contributed by atoms with Gasteiger partial charge < -0.3 is 5.73 Å². The number of nitrogens with two attached hydrogens (primary N) is 1. The molecule has 0 aromatic carbocycles. The normalized spacial score (nSPS) is 10.0. The van der Waals surface area contributed by atoms with Crippen molar-refractivity contribution in [2.75, 3.05) is 0 Å². The van der Waals surface area contributed by atoms with Crippen LogP contribution in [-0.4, -0.2) is 15.6 Å².